The van der Waals surface area contributed by atoms with E-state index in [0.717, 1.165) is 33.8 Å². The van der Waals surface area contributed by atoms with E-state index in [2.05, 4.69) is 21.2 Å². The standard InChI is InChI=1S/C37H42BrN3O6S/c1-5-6-21-39-37(43)34(23-28-11-8-7-9-12-28)40(25-29-13-10-14-31(22-29)46-3)36(42)26-41(30-17-15-27(2)16-18-30)48(44,45)32-19-20-35(47-4)33(38)24-32/h7-20,22,24,34H,5-6,21,23,25-26H2,1-4H3,(H,39,43)/t34-/m0/s1. The van der Waals surface area contributed by atoms with E-state index in [4.69, 9.17) is 9.47 Å². The Labute approximate surface area is 292 Å². The summed E-state index contributed by atoms with van der Waals surface area (Å²) in [6, 6.07) is 27.2. The first-order chi connectivity index (χ1) is 23.1. The largest absolute Gasteiger partial charge is 0.497 e. The van der Waals surface area contributed by atoms with Crippen LogP contribution in [0, 0.1) is 6.92 Å². The van der Waals surface area contributed by atoms with Gasteiger partial charge in [-0.3, -0.25) is 13.9 Å². The lowest BCUT2D eigenvalue weighted by molar-refractivity contribution is -0.140. The molecule has 1 N–H and O–H groups in total. The zero-order valence-electron chi connectivity index (χ0n) is 27.7. The maximum absolute atomic E-state index is 14.6. The van der Waals surface area contributed by atoms with Gasteiger partial charge in [-0.15, -0.1) is 0 Å². The first-order valence-corrected chi connectivity index (χ1v) is 18.0. The third-order valence-electron chi connectivity index (χ3n) is 7.90. The fourth-order valence-corrected chi connectivity index (χ4v) is 7.34. The van der Waals surface area contributed by atoms with Crippen LogP contribution in [0.1, 0.15) is 36.5 Å². The average molecular weight is 737 g/mol. The van der Waals surface area contributed by atoms with Gasteiger partial charge in [0.1, 0.15) is 24.1 Å². The molecule has 0 unspecified atom stereocenters. The number of benzene rings is 4. The maximum atomic E-state index is 14.6. The Morgan fingerprint density at radius 1 is 0.875 bits per heavy atom. The van der Waals surface area contributed by atoms with E-state index in [1.54, 1.807) is 49.6 Å². The predicted molar refractivity (Wildman–Crippen MR) is 192 cm³/mol. The molecule has 4 rings (SSSR count). The third kappa shape index (κ3) is 9.38. The Morgan fingerprint density at radius 3 is 2.23 bits per heavy atom. The predicted octanol–water partition coefficient (Wildman–Crippen LogP) is 6.53. The number of aryl methyl sites for hydroxylation is 1. The number of sulfonamides is 1. The van der Waals surface area contributed by atoms with Crippen LogP contribution in [0.4, 0.5) is 5.69 Å². The van der Waals surface area contributed by atoms with Gasteiger partial charge < -0.3 is 19.7 Å². The lowest BCUT2D eigenvalue weighted by atomic mass is 10.0. The topological polar surface area (TPSA) is 105 Å². The normalized spacial score (nSPS) is 11.8. The van der Waals surface area contributed by atoms with E-state index in [1.165, 1.54) is 24.1 Å². The van der Waals surface area contributed by atoms with Crippen molar-refractivity contribution < 1.29 is 27.5 Å². The Bertz CT molecular complexity index is 1780. The molecule has 4 aromatic carbocycles. The van der Waals surface area contributed by atoms with Crippen LogP contribution in [0.5, 0.6) is 11.5 Å². The van der Waals surface area contributed by atoms with Gasteiger partial charge >= 0.3 is 0 Å². The van der Waals surface area contributed by atoms with Crippen LogP contribution in [0.15, 0.2) is 106 Å². The minimum atomic E-state index is -4.27. The molecular weight excluding hydrogens is 694 g/mol. The molecule has 0 saturated carbocycles. The fourth-order valence-electron chi connectivity index (χ4n) is 5.20. The van der Waals surface area contributed by atoms with Crippen LogP contribution < -0.4 is 19.1 Å². The molecule has 0 fully saturated rings. The minimum Gasteiger partial charge on any atom is -0.497 e. The Kier molecular flexibility index (Phi) is 13.0. The van der Waals surface area contributed by atoms with Gasteiger partial charge in [0.2, 0.25) is 11.8 Å². The summed E-state index contributed by atoms with van der Waals surface area (Å²) < 4.78 is 41.0. The maximum Gasteiger partial charge on any atom is 0.264 e. The molecule has 0 aliphatic carbocycles. The number of carbonyl (C=O) groups excluding carboxylic acids is 2. The molecule has 4 aromatic rings. The number of halogens is 1. The monoisotopic (exact) mass is 735 g/mol. The molecule has 0 spiro atoms. The summed E-state index contributed by atoms with van der Waals surface area (Å²) in [6.45, 7) is 3.89. The minimum absolute atomic E-state index is 0.0268. The van der Waals surface area contributed by atoms with Crippen LogP contribution in [-0.2, 0) is 32.6 Å². The number of ether oxygens (including phenoxy) is 2. The lowest BCUT2D eigenvalue weighted by Gasteiger charge is -2.34. The SMILES string of the molecule is CCCCNC(=O)[C@H](Cc1ccccc1)N(Cc1cccc(OC)c1)C(=O)CN(c1ccc(C)cc1)S(=O)(=O)c1ccc(OC)c(Br)c1. The zero-order valence-corrected chi connectivity index (χ0v) is 30.1. The number of anilines is 1. The van der Waals surface area contributed by atoms with Crippen molar-refractivity contribution in [1.82, 2.24) is 10.2 Å². The Morgan fingerprint density at radius 2 is 1.58 bits per heavy atom. The third-order valence-corrected chi connectivity index (χ3v) is 10.3. The summed E-state index contributed by atoms with van der Waals surface area (Å²) in [4.78, 5) is 30.0. The highest BCUT2D eigenvalue weighted by Gasteiger charge is 2.35. The van der Waals surface area contributed by atoms with Gasteiger partial charge in [0.15, 0.2) is 0 Å². The van der Waals surface area contributed by atoms with Crippen molar-refractivity contribution >= 4 is 43.5 Å². The van der Waals surface area contributed by atoms with E-state index in [9.17, 15) is 18.0 Å². The van der Waals surface area contributed by atoms with Crippen LogP contribution in [-0.4, -0.2) is 58.5 Å². The van der Waals surface area contributed by atoms with Crippen molar-refractivity contribution in [1.29, 1.82) is 0 Å². The number of unbranched alkanes of at least 4 members (excludes halogenated alkanes) is 1. The second-order valence-electron chi connectivity index (χ2n) is 11.4. The van der Waals surface area contributed by atoms with Crippen molar-refractivity contribution in [3.8, 4) is 11.5 Å². The van der Waals surface area contributed by atoms with Gasteiger partial charge in [-0.2, -0.15) is 0 Å². The van der Waals surface area contributed by atoms with Crippen molar-refractivity contribution in [2.45, 2.75) is 50.6 Å². The molecule has 2 amide bonds. The smallest absolute Gasteiger partial charge is 0.264 e. The summed E-state index contributed by atoms with van der Waals surface area (Å²) in [5.41, 5.74) is 2.84. The first kappa shape index (κ1) is 36.5. The van der Waals surface area contributed by atoms with Crippen LogP contribution in [0.3, 0.4) is 0 Å². The first-order valence-electron chi connectivity index (χ1n) is 15.7. The summed E-state index contributed by atoms with van der Waals surface area (Å²) in [5, 5.41) is 3.01. The van der Waals surface area contributed by atoms with Crippen molar-refractivity contribution in [2.24, 2.45) is 0 Å². The Hall–Kier alpha value is -4.35. The number of methoxy groups -OCH3 is 2. The van der Waals surface area contributed by atoms with Gasteiger partial charge in [-0.05, 0) is 82.9 Å². The second kappa shape index (κ2) is 17.2. The molecule has 48 heavy (non-hydrogen) atoms. The molecule has 0 saturated heterocycles. The second-order valence-corrected chi connectivity index (χ2v) is 14.1. The molecule has 0 radical (unpaired) electrons. The van der Waals surface area contributed by atoms with E-state index >= 15 is 0 Å². The molecule has 0 aromatic heterocycles. The molecule has 0 bridgehead atoms. The van der Waals surface area contributed by atoms with Gasteiger partial charge in [0.05, 0.1) is 29.3 Å². The van der Waals surface area contributed by atoms with Crippen molar-refractivity contribution in [3.05, 3.63) is 118 Å². The van der Waals surface area contributed by atoms with Crippen molar-refractivity contribution in [3.63, 3.8) is 0 Å². The quantitative estimate of drug-likeness (QED) is 0.131. The highest BCUT2D eigenvalue weighted by atomic mass is 79.9. The summed E-state index contributed by atoms with van der Waals surface area (Å²) in [5.74, 6) is 0.212. The van der Waals surface area contributed by atoms with Crippen LogP contribution in [0.2, 0.25) is 0 Å². The summed E-state index contributed by atoms with van der Waals surface area (Å²) >= 11 is 3.39. The van der Waals surface area contributed by atoms with E-state index in [1.807, 2.05) is 56.3 Å². The number of rotatable bonds is 16. The Balaban J connectivity index is 1.81. The molecule has 11 heteroatoms. The summed E-state index contributed by atoms with van der Waals surface area (Å²) in [7, 11) is -1.22. The lowest BCUT2D eigenvalue weighted by Crippen LogP contribution is -2.53. The van der Waals surface area contributed by atoms with Gasteiger partial charge in [0.25, 0.3) is 10.0 Å². The molecule has 0 aliphatic rings. The number of nitrogens with zero attached hydrogens (tertiary/aromatic N) is 2. The summed E-state index contributed by atoms with van der Waals surface area (Å²) in [6.07, 6.45) is 1.91. The molecular formula is C37H42BrN3O6S. The number of nitrogens with one attached hydrogen (secondary N) is 1. The van der Waals surface area contributed by atoms with Gasteiger partial charge in [-0.25, -0.2) is 8.42 Å². The van der Waals surface area contributed by atoms with Crippen LogP contribution in [0.25, 0.3) is 0 Å². The van der Waals surface area contributed by atoms with E-state index < -0.39 is 28.5 Å². The molecule has 0 heterocycles. The molecule has 0 aliphatic heterocycles. The highest BCUT2D eigenvalue weighted by molar-refractivity contribution is 9.10. The molecule has 1 atom stereocenters. The number of amides is 2. The molecule has 9 nitrogen and oxygen atoms in total. The van der Waals surface area contributed by atoms with E-state index in [0.29, 0.717) is 28.2 Å². The average Bonchev–Trinajstić information content (AvgIpc) is 3.09. The zero-order chi connectivity index (χ0) is 34.7. The highest BCUT2D eigenvalue weighted by Crippen LogP contribution is 2.31. The number of hydrogen-bond acceptors (Lipinski definition) is 6. The van der Waals surface area contributed by atoms with Gasteiger partial charge in [-0.1, -0.05) is 73.5 Å². The number of hydrogen-bond donors (Lipinski definition) is 1. The van der Waals surface area contributed by atoms with Gasteiger partial charge in [0, 0.05) is 19.5 Å². The van der Waals surface area contributed by atoms with Crippen LogP contribution >= 0.6 is 15.9 Å². The van der Waals surface area contributed by atoms with E-state index in [-0.39, 0.29) is 23.8 Å². The fraction of sp³-hybridized carbons (Fsp3) is 0.297. The number of carbonyl (C=O) groups is 2. The molecule has 254 valence electrons. The van der Waals surface area contributed by atoms with Crippen molar-refractivity contribution in [2.75, 3.05) is 31.6 Å².